The number of carbonyl (C=O) groups excluding carboxylic acids is 1. The molecule has 0 saturated heterocycles. The number of thioether (sulfide) groups is 1. The number of hydrogen-bond acceptors (Lipinski definition) is 9. The van der Waals surface area contributed by atoms with Crippen LogP contribution in [0.5, 0.6) is 11.5 Å². The first kappa shape index (κ1) is 21.2. The van der Waals surface area contributed by atoms with E-state index in [1.807, 2.05) is 18.2 Å². The molecule has 0 atom stereocenters. The highest BCUT2D eigenvalue weighted by Gasteiger charge is 2.15. The van der Waals surface area contributed by atoms with Gasteiger partial charge in [-0.05, 0) is 42.5 Å². The van der Waals surface area contributed by atoms with Crippen LogP contribution >= 0.6 is 11.8 Å². The number of nitrogens with zero attached hydrogens (tertiary/aromatic N) is 5. The zero-order chi connectivity index (χ0) is 22.7. The van der Waals surface area contributed by atoms with E-state index in [9.17, 15) is 14.9 Å². The number of hydrogen-bond donors (Lipinski definition) is 0. The third kappa shape index (κ3) is 4.23. The highest BCUT2D eigenvalue weighted by molar-refractivity contribution is 7.99. The van der Waals surface area contributed by atoms with Crippen LogP contribution in [0.15, 0.2) is 59.8 Å². The van der Waals surface area contributed by atoms with Crippen LogP contribution in [0.3, 0.4) is 0 Å². The molecule has 0 amide bonds. The number of methoxy groups -OCH3 is 2. The van der Waals surface area contributed by atoms with Crippen LogP contribution in [0.2, 0.25) is 0 Å². The number of nitro groups is 1. The quantitative estimate of drug-likeness (QED) is 0.171. The number of rotatable bonds is 8. The van der Waals surface area contributed by atoms with Gasteiger partial charge in [-0.15, -0.1) is 10.2 Å². The second-order valence-electron chi connectivity index (χ2n) is 6.56. The molecule has 0 aliphatic rings. The Labute approximate surface area is 186 Å². The lowest BCUT2D eigenvalue weighted by Crippen LogP contribution is -2.04. The number of benzene rings is 2. The topological polar surface area (TPSA) is 122 Å². The maximum atomic E-state index is 12.5. The smallest absolute Gasteiger partial charge is 0.269 e. The van der Waals surface area contributed by atoms with Gasteiger partial charge in [0.25, 0.3) is 5.69 Å². The zero-order valence-electron chi connectivity index (χ0n) is 17.1. The maximum absolute atomic E-state index is 12.5. The van der Waals surface area contributed by atoms with Crippen LogP contribution in [0.1, 0.15) is 10.4 Å². The van der Waals surface area contributed by atoms with Crippen LogP contribution in [-0.2, 0) is 0 Å². The molecule has 4 aromatic rings. The molecule has 11 heteroatoms. The van der Waals surface area contributed by atoms with Crippen molar-refractivity contribution in [1.82, 2.24) is 19.8 Å². The summed E-state index contributed by atoms with van der Waals surface area (Å²) in [6.45, 7) is 0. The van der Waals surface area contributed by atoms with Crippen LogP contribution in [-0.4, -0.2) is 50.5 Å². The van der Waals surface area contributed by atoms with Gasteiger partial charge in [-0.3, -0.25) is 14.9 Å². The van der Waals surface area contributed by atoms with E-state index >= 15 is 0 Å². The Morgan fingerprint density at radius 1 is 1.03 bits per heavy atom. The highest BCUT2D eigenvalue weighted by Crippen LogP contribution is 2.31. The summed E-state index contributed by atoms with van der Waals surface area (Å²) < 4.78 is 12.2. The molecule has 4 rings (SSSR count). The van der Waals surface area contributed by atoms with E-state index < -0.39 is 4.92 Å². The molecule has 0 saturated carbocycles. The highest BCUT2D eigenvalue weighted by atomic mass is 32.2. The Morgan fingerprint density at radius 3 is 2.47 bits per heavy atom. The van der Waals surface area contributed by atoms with Crippen LogP contribution in [0, 0.1) is 10.1 Å². The van der Waals surface area contributed by atoms with Crippen molar-refractivity contribution < 1.29 is 19.2 Å². The fourth-order valence-corrected chi connectivity index (χ4v) is 3.77. The molecule has 0 fully saturated rings. The fourth-order valence-electron chi connectivity index (χ4n) is 2.99. The average Bonchev–Trinajstić information content (AvgIpc) is 3.24. The van der Waals surface area contributed by atoms with Gasteiger partial charge in [0.05, 0.1) is 30.6 Å². The molecule has 0 unspecified atom stereocenters. The Morgan fingerprint density at radius 2 is 1.78 bits per heavy atom. The molecule has 0 bridgehead atoms. The molecule has 2 aromatic carbocycles. The lowest BCUT2D eigenvalue weighted by Gasteiger charge is -2.09. The number of aromatic nitrogens is 4. The predicted octanol–water partition coefficient (Wildman–Crippen LogP) is 3.69. The molecule has 2 heterocycles. The van der Waals surface area contributed by atoms with Gasteiger partial charge >= 0.3 is 0 Å². The van der Waals surface area contributed by atoms with Gasteiger partial charge in [0, 0.05) is 23.3 Å². The minimum atomic E-state index is -0.507. The van der Waals surface area contributed by atoms with Crippen molar-refractivity contribution in [3.05, 3.63) is 70.3 Å². The van der Waals surface area contributed by atoms with Crippen molar-refractivity contribution in [2.75, 3.05) is 20.0 Å². The number of ketones is 1. The summed E-state index contributed by atoms with van der Waals surface area (Å²) in [6, 6.07) is 14.6. The minimum Gasteiger partial charge on any atom is -0.493 e. The zero-order valence-corrected chi connectivity index (χ0v) is 17.9. The maximum Gasteiger partial charge on any atom is 0.269 e. The van der Waals surface area contributed by atoms with E-state index in [-0.39, 0.29) is 17.2 Å². The van der Waals surface area contributed by atoms with Gasteiger partial charge in [0.1, 0.15) is 0 Å². The van der Waals surface area contributed by atoms with Gasteiger partial charge in [0.15, 0.2) is 22.9 Å². The molecule has 2 aromatic heterocycles. The van der Waals surface area contributed by atoms with E-state index in [1.165, 1.54) is 36.0 Å². The molecule has 0 spiro atoms. The number of fused-ring (bicyclic) bond motifs is 1. The van der Waals surface area contributed by atoms with Crippen LogP contribution < -0.4 is 9.47 Å². The summed E-state index contributed by atoms with van der Waals surface area (Å²) in [5.41, 5.74) is 2.35. The summed E-state index contributed by atoms with van der Waals surface area (Å²) in [7, 11) is 3.13. The number of ether oxygens (including phenoxy) is 2. The summed E-state index contributed by atoms with van der Waals surface area (Å²) >= 11 is 1.19. The summed E-state index contributed by atoms with van der Waals surface area (Å²) in [4.78, 5) is 22.7. The molecule has 0 N–H and O–H groups in total. The fraction of sp³-hybridized carbons (Fsp3) is 0.143. The van der Waals surface area contributed by atoms with E-state index in [0.29, 0.717) is 33.6 Å². The first-order valence-electron chi connectivity index (χ1n) is 9.35. The molecule has 0 aliphatic heterocycles. The third-order valence-corrected chi connectivity index (χ3v) is 5.57. The first-order chi connectivity index (χ1) is 15.5. The summed E-state index contributed by atoms with van der Waals surface area (Å²) in [5, 5.41) is 24.0. The summed E-state index contributed by atoms with van der Waals surface area (Å²) in [5.74, 6) is 1.10. The monoisotopic (exact) mass is 451 g/mol. The molecule has 0 aliphatic carbocycles. The lowest BCUT2D eigenvalue weighted by atomic mass is 10.1. The standard InChI is InChI=1S/C21H17N5O5S/c1-30-18-9-5-14(11-19(18)31-2)16-8-10-20-22-23-21(25(20)24-16)32-12-17(27)13-3-6-15(7-4-13)26(28)29/h3-11H,12H2,1-2H3. The summed E-state index contributed by atoms with van der Waals surface area (Å²) in [6.07, 6.45) is 0. The molecule has 32 heavy (non-hydrogen) atoms. The molecule has 10 nitrogen and oxygen atoms in total. The van der Waals surface area contributed by atoms with Crippen molar-refractivity contribution in [2.45, 2.75) is 5.16 Å². The van der Waals surface area contributed by atoms with Crippen molar-refractivity contribution in [2.24, 2.45) is 0 Å². The van der Waals surface area contributed by atoms with Crippen molar-refractivity contribution >= 4 is 28.9 Å². The van der Waals surface area contributed by atoms with E-state index in [0.717, 1.165) is 5.56 Å². The predicted molar refractivity (Wildman–Crippen MR) is 117 cm³/mol. The van der Waals surface area contributed by atoms with Gasteiger partial charge in [0.2, 0.25) is 5.16 Å². The third-order valence-electron chi connectivity index (χ3n) is 4.65. The van der Waals surface area contributed by atoms with Crippen LogP contribution in [0.25, 0.3) is 16.9 Å². The second-order valence-corrected chi connectivity index (χ2v) is 7.50. The largest absolute Gasteiger partial charge is 0.493 e. The van der Waals surface area contributed by atoms with Gasteiger partial charge in [-0.25, -0.2) is 0 Å². The lowest BCUT2D eigenvalue weighted by molar-refractivity contribution is -0.384. The second kappa shape index (κ2) is 9.02. The van der Waals surface area contributed by atoms with Crippen LogP contribution in [0.4, 0.5) is 5.69 Å². The Kier molecular flexibility index (Phi) is 5.99. The van der Waals surface area contributed by atoms with E-state index in [4.69, 9.17) is 9.47 Å². The van der Waals surface area contributed by atoms with Gasteiger partial charge in [-0.1, -0.05) is 11.8 Å². The Hall–Kier alpha value is -3.99. The number of carbonyl (C=O) groups is 1. The Bertz CT molecular complexity index is 1310. The van der Waals surface area contributed by atoms with Crippen molar-refractivity contribution in [1.29, 1.82) is 0 Å². The molecular weight excluding hydrogens is 434 g/mol. The number of nitro benzene ring substituents is 1. The molecular formula is C21H17N5O5S. The van der Waals surface area contributed by atoms with Crippen molar-refractivity contribution in [3.8, 4) is 22.8 Å². The normalized spacial score (nSPS) is 10.8. The Balaban J connectivity index is 1.55. The number of Topliss-reactive ketones (excluding diaryl/α,β-unsaturated/α-hetero) is 1. The minimum absolute atomic E-state index is 0.0652. The van der Waals surface area contributed by atoms with Gasteiger partial charge in [-0.2, -0.15) is 9.61 Å². The van der Waals surface area contributed by atoms with Gasteiger partial charge < -0.3 is 9.47 Å². The van der Waals surface area contributed by atoms with E-state index in [2.05, 4.69) is 15.3 Å². The van der Waals surface area contributed by atoms with E-state index in [1.54, 1.807) is 30.9 Å². The number of non-ortho nitro benzene ring substituents is 1. The molecule has 0 radical (unpaired) electrons. The average molecular weight is 451 g/mol. The first-order valence-corrected chi connectivity index (χ1v) is 10.3. The SMILES string of the molecule is COc1ccc(-c2ccc3nnc(SCC(=O)c4ccc([N+](=O)[O-])cc4)n3n2)cc1OC. The van der Waals surface area contributed by atoms with Crippen molar-refractivity contribution in [3.63, 3.8) is 0 Å². The molecule has 162 valence electrons.